The van der Waals surface area contributed by atoms with Gasteiger partial charge in [0.1, 0.15) is 18.0 Å². The van der Waals surface area contributed by atoms with E-state index in [2.05, 4.69) is 81.8 Å². The number of morpholine rings is 1. The summed E-state index contributed by atoms with van der Waals surface area (Å²) in [5.74, 6) is 2.02. The molecule has 6 heteroatoms. The van der Waals surface area contributed by atoms with Crippen LogP contribution in [0.2, 0.25) is 0 Å². The summed E-state index contributed by atoms with van der Waals surface area (Å²) in [6, 6.07) is 18.7. The number of rotatable bonds is 6. The Morgan fingerprint density at radius 2 is 1.59 bits per heavy atom. The molecule has 0 atom stereocenters. The van der Waals surface area contributed by atoms with Crippen molar-refractivity contribution in [2.45, 2.75) is 19.8 Å². The molecule has 1 saturated heterocycles. The molecule has 0 saturated carbocycles. The summed E-state index contributed by atoms with van der Waals surface area (Å²) < 4.78 is 5.48. The molecular weight excluding hydrogens is 362 g/mol. The Morgan fingerprint density at radius 1 is 0.897 bits per heavy atom. The Labute approximate surface area is 172 Å². The van der Waals surface area contributed by atoms with E-state index in [0.717, 1.165) is 55.0 Å². The molecule has 0 radical (unpaired) electrons. The van der Waals surface area contributed by atoms with Crippen LogP contribution in [0.3, 0.4) is 0 Å². The average molecular weight is 390 g/mol. The van der Waals surface area contributed by atoms with E-state index in [1.807, 2.05) is 12.1 Å². The number of hydrogen-bond acceptors (Lipinski definition) is 6. The number of benzene rings is 2. The van der Waals surface area contributed by atoms with Crippen molar-refractivity contribution in [1.82, 2.24) is 9.97 Å². The Balaban J connectivity index is 1.49. The molecule has 2 N–H and O–H groups in total. The minimum Gasteiger partial charge on any atom is -0.378 e. The highest BCUT2D eigenvalue weighted by molar-refractivity contribution is 5.75. The van der Waals surface area contributed by atoms with Gasteiger partial charge < -0.3 is 20.3 Å². The Morgan fingerprint density at radius 3 is 2.31 bits per heavy atom. The monoisotopic (exact) mass is 389 g/mol. The molecule has 0 aliphatic carbocycles. The molecule has 29 heavy (non-hydrogen) atoms. The van der Waals surface area contributed by atoms with Crippen molar-refractivity contribution in [1.29, 1.82) is 0 Å². The van der Waals surface area contributed by atoms with Crippen molar-refractivity contribution in [3.8, 4) is 0 Å². The summed E-state index contributed by atoms with van der Waals surface area (Å²) in [6.45, 7) is 7.68. The van der Waals surface area contributed by atoms with Crippen molar-refractivity contribution >= 4 is 28.7 Å². The minimum absolute atomic E-state index is 0.519. The number of anilines is 5. The molecule has 1 aliphatic heterocycles. The first-order chi connectivity index (χ1) is 14.2. The van der Waals surface area contributed by atoms with Crippen LogP contribution in [-0.4, -0.2) is 36.3 Å². The number of nitrogens with zero attached hydrogens (tertiary/aromatic N) is 3. The fraction of sp³-hybridized carbons (Fsp3) is 0.304. The van der Waals surface area contributed by atoms with Crippen LogP contribution < -0.4 is 15.5 Å². The Bertz CT molecular complexity index is 936. The lowest BCUT2D eigenvalue weighted by Gasteiger charge is -2.30. The van der Waals surface area contributed by atoms with Gasteiger partial charge in [0.15, 0.2) is 0 Å². The molecule has 4 rings (SSSR count). The van der Waals surface area contributed by atoms with Gasteiger partial charge in [-0.15, -0.1) is 0 Å². The van der Waals surface area contributed by atoms with E-state index in [-0.39, 0.29) is 0 Å². The smallest absolute Gasteiger partial charge is 0.135 e. The van der Waals surface area contributed by atoms with Crippen molar-refractivity contribution in [2.24, 2.45) is 0 Å². The summed E-state index contributed by atoms with van der Waals surface area (Å²) in [5, 5.41) is 6.80. The Hall–Kier alpha value is -3.12. The van der Waals surface area contributed by atoms with Crippen LogP contribution in [-0.2, 0) is 4.74 Å². The van der Waals surface area contributed by atoms with Crippen molar-refractivity contribution in [3.05, 3.63) is 66.5 Å². The lowest BCUT2D eigenvalue weighted by Crippen LogP contribution is -2.36. The molecule has 2 heterocycles. The fourth-order valence-electron chi connectivity index (χ4n) is 3.39. The number of nitrogens with one attached hydrogen (secondary N) is 2. The van der Waals surface area contributed by atoms with Gasteiger partial charge in [0.05, 0.1) is 24.6 Å². The van der Waals surface area contributed by atoms with Gasteiger partial charge >= 0.3 is 0 Å². The second-order valence-corrected chi connectivity index (χ2v) is 7.43. The second-order valence-electron chi connectivity index (χ2n) is 7.43. The zero-order chi connectivity index (χ0) is 20.1. The maximum absolute atomic E-state index is 5.48. The third-order valence-electron chi connectivity index (χ3n) is 5.04. The number of ether oxygens (including phenoxy) is 1. The van der Waals surface area contributed by atoms with Gasteiger partial charge in [0, 0.05) is 24.8 Å². The SMILES string of the molecule is CC(C)c1ccc(Nc2cc(Nc3ccccc3N3CCOCC3)ncn2)cc1. The van der Waals surface area contributed by atoms with Crippen LogP contribution in [0.5, 0.6) is 0 Å². The number of aromatic nitrogens is 2. The molecule has 0 bridgehead atoms. The van der Waals surface area contributed by atoms with E-state index in [4.69, 9.17) is 4.74 Å². The van der Waals surface area contributed by atoms with E-state index in [9.17, 15) is 0 Å². The van der Waals surface area contributed by atoms with Gasteiger partial charge in [-0.05, 0) is 35.7 Å². The molecule has 6 nitrogen and oxygen atoms in total. The first kappa shape index (κ1) is 19.2. The highest BCUT2D eigenvalue weighted by atomic mass is 16.5. The fourth-order valence-corrected chi connectivity index (χ4v) is 3.39. The quantitative estimate of drug-likeness (QED) is 0.624. The summed E-state index contributed by atoms with van der Waals surface area (Å²) in [6.07, 6.45) is 1.57. The molecule has 2 aromatic carbocycles. The zero-order valence-electron chi connectivity index (χ0n) is 16.9. The molecule has 0 amide bonds. The first-order valence-corrected chi connectivity index (χ1v) is 10.1. The highest BCUT2D eigenvalue weighted by Crippen LogP contribution is 2.29. The van der Waals surface area contributed by atoms with Gasteiger partial charge in [-0.25, -0.2) is 9.97 Å². The van der Waals surface area contributed by atoms with Crippen LogP contribution in [0.1, 0.15) is 25.3 Å². The molecular formula is C23H27N5O. The van der Waals surface area contributed by atoms with Gasteiger partial charge in [0.25, 0.3) is 0 Å². The molecule has 0 unspecified atom stereocenters. The molecule has 0 spiro atoms. The third kappa shape index (κ3) is 4.84. The van der Waals surface area contributed by atoms with Crippen LogP contribution >= 0.6 is 0 Å². The van der Waals surface area contributed by atoms with E-state index >= 15 is 0 Å². The zero-order valence-corrected chi connectivity index (χ0v) is 16.9. The van der Waals surface area contributed by atoms with E-state index in [1.54, 1.807) is 6.33 Å². The van der Waals surface area contributed by atoms with Gasteiger partial charge in [-0.2, -0.15) is 0 Å². The number of para-hydroxylation sites is 2. The molecule has 1 aromatic heterocycles. The van der Waals surface area contributed by atoms with E-state index < -0.39 is 0 Å². The van der Waals surface area contributed by atoms with Gasteiger partial charge in [0.2, 0.25) is 0 Å². The Kier molecular flexibility index (Phi) is 5.91. The topological polar surface area (TPSA) is 62.3 Å². The standard InChI is InChI=1S/C23H27N5O/c1-17(2)18-7-9-19(10-8-18)26-22-15-23(25-16-24-22)27-20-5-3-4-6-21(20)28-11-13-29-14-12-28/h3-10,15-17H,11-14H2,1-2H3,(H2,24,25,26,27). The molecule has 150 valence electrons. The largest absolute Gasteiger partial charge is 0.378 e. The van der Waals surface area contributed by atoms with E-state index in [0.29, 0.717) is 5.92 Å². The van der Waals surface area contributed by atoms with Crippen molar-refractivity contribution < 1.29 is 4.74 Å². The van der Waals surface area contributed by atoms with Gasteiger partial charge in [-0.1, -0.05) is 38.1 Å². The van der Waals surface area contributed by atoms with Crippen molar-refractivity contribution in [2.75, 3.05) is 41.8 Å². The number of hydrogen-bond donors (Lipinski definition) is 2. The van der Waals surface area contributed by atoms with Crippen LogP contribution in [0.4, 0.5) is 28.7 Å². The van der Waals surface area contributed by atoms with Crippen LogP contribution in [0.25, 0.3) is 0 Å². The van der Waals surface area contributed by atoms with Crippen LogP contribution in [0.15, 0.2) is 60.9 Å². The summed E-state index contributed by atoms with van der Waals surface area (Å²) >= 11 is 0. The normalized spacial score (nSPS) is 14.1. The lowest BCUT2D eigenvalue weighted by molar-refractivity contribution is 0.123. The highest BCUT2D eigenvalue weighted by Gasteiger charge is 2.15. The first-order valence-electron chi connectivity index (χ1n) is 10.1. The van der Waals surface area contributed by atoms with Crippen molar-refractivity contribution in [3.63, 3.8) is 0 Å². The lowest BCUT2D eigenvalue weighted by atomic mass is 10.0. The third-order valence-corrected chi connectivity index (χ3v) is 5.04. The molecule has 3 aromatic rings. The second kappa shape index (κ2) is 8.92. The maximum Gasteiger partial charge on any atom is 0.135 e. The van der Waals surface area contributed by atoms with Crippen LogP contribution in [0, 0.1) is 0 Å². The molecule has 1 aliphatic rings. The maximum atomic E-state index is 5.48. The summed E-state index contributed by atoms with van der Waals surface area (Å²) in [4.78, 5) is 11.1. The molecule has 1 fully saturated rings. The predicted molar refractivity (Wildman–Crippen MR) is 119 cm³/mol. The van der Waals surface area contributed by atoms with Gasteiger partial charge in [-0.3, -0.25) is 0 Å². The summed E-state index contributed by atoms with van der Waals surface area (Å²) in [7, 11) is 0. The average Bonchev–Trinajstić information content (AvgIpc) is 2.75. The van der Waals surface area contributed by atoms with E-state index in [1.165, 1.54) is 5.56 Å². The predicted octanol–water partition coefficient (Wildman–Crippen LogP) is 4.92. The minimum atomic E-state index is 0.519. The summed E-state index contributed by atoms with van der Waals surface area (Å²) in [5.41, 5.74) is 4.52.